The first kappa shape index (κ1) is 13.1. The number of hydrogen-bond acceptors (Lipinski definition) is 3. The molecular weight excluding hydrogens is 199 g/mol. The quantitative estimate of drug-likeness (QED) is 0.404. The monoisotopic (exact) mass is 208 g/mol. The molecule has 0 aliphatic heterocycles. The van der Waals surface area contributed by atoms with Gasteiger partial charge < -0.3 is 4.55 Å². The first-order valence-electron chi connectivity index (χ1n) is 3.44. The first-order chi connectivity index (χ1) is 5.41. The minimum Gasteiger partial charge on any atom is -0.744 e. The van der Waals surface area contributed by atoms with Gasteiger partial charge in [0.1, 0.15) is 10.1 Å². The largest absolute Gasteiger partial charge is 1.00 e. The fraction of sp³-hybridized carbons (Fsp3) is 0.250. The molecule has 0 spiro atoms. The Bertz CT molecular complexity index is 398. The molecule has 0 aromatic heterocycles. The van der Waals surface area contributed by atoms with Crippen LogP contribution in [0.25, 0.3) is 0 Å². The molecule has 0 heterocycles. The van der Waals surface area contributed by atoms with Gasteiger partial charge in [-0.15, -0.1) is 0 Å². The fourth-order valence-corrected chi connectivity index (χ4v) is 1.77. The summed E-state index contributed by atoms with van der Waals surface area (Å²) in [5.74, 6) is 0. The van der Waals surface area contributed by atoms with Crippen molar-refractivity contribution in [1.29, 1.82) is 0 Å². The Morgan fingerprint density at radius 3 is 2.15 bits per heavy atom. The smallest absolute Gasteiger partial charge is 0.744 e. The van der Waals surface area contributed by atoms with Gasteiger partial charge in [-0.2, -0.15) is 0 Å². The van der Waals surface area contributed by atoms with E-state index in [1.165, 1.54) is 6.07 Å². The molecule has 0 amide bonds. The Balaban J connectivity index is 0.00000144. The number of rotatable bonds is 1. The van der Waals surface area contributed by atoms with Crippen LogP contribution in [0.3, 0.4) is 0 Å². The molecule has 0 fully saturated rings. The third-order valence-corrected chi connectivity index (χ3v) is 2.60. The van der Waals surface area contributed by atoms with Gasteiger partial charge in [0.05, 0.1) is 4.90 Å². The fourth-order valence-electron chi connectivity index (χ4n) is 1.08. The van der Waals surface area contributed by atoms with Crippen molar-refractivity contribution in [2.24, 2.45) is 0 Å². The summed E-state index contributed by atoms with van der Waals surface area (Å²) < 4.78 is 31.8. The average Bonchev–Trinajstić information content (AvgIpc) is 1.83. The van der Waals surface area contributed by atoms with Crippen molar-refractivity contribution < 1.29 is 42.5 Å². The maximum atomic E-state index is 10.6. The molecule has 0 aliphatic rings. The maximum absolute atomic E-state index is 10.6. The second-order valence-electron chi connectivity index (χ2n) is 2.72. The zero-order valence-corrected chi connectivity index (χ0v) is 10.7. The van der Waals surface area contributed by atoms with Gasteiger partial charge in [-0.05, 0) is 25.5 Å². The summed E-state index contributed by atoms with van der Waals surface area (Å²) in [5, 5.41) is 0. The molecule has 0 unspecified atom stereocenters. The van der Waals surface area contributed by atoms with Crippen LogP contribution in [0.2, 0.25) is 0 Å². The normalized spacial score (nSPS) is 10.7. The Kier molecular flexibility index (Phi) is 4.62. The van der Waals surface area contributed by atoms with E-state index in [2.05, 4.69) is 0 Å². The summed E-state index contributed by atoms with van der Waals surface area (Å²) in [6.07, 6.45) is 0. The van der Waals surface area contributed by atoms with Crippen LogP contribution in [-0.4, -0.2) is 13.0 Å². The summed E-state index contributed by atoms with van der Waals surface area (Å²) in [4.78, 5) is -0.131. The third kappa shape index (κ3) is 3.40. The van der Waals surface area contributed by atoms with Crippen LogP contribution in [0.15, 0.2) is 23.1 Å². The van der Waals surface area contributed by atoms with E-state index in [0.717, 1.165) is 5.56 Å². The molecule has 13 heavy (non-hydrogen) atoms. The number of aryl methyl sites for hydroxylation is 2. The van der Waals surface area contributed by atoms with E-state index >= 15 is 0 Å². The van der Waals surface area contributed by atoms with Gasteiger partial charge in [0, 0.05) is 0 Å². The van der Waals surface area contributed by atoms with Gasteiger partial charge >= 0.3 is 29.6 Å². The topological polar surface area (TPSA) is 57.2 Å². The Labute approximate surface area is 100 Å². The van der Waals surface area contributed by atoms with E-state index in [-0.39, 0.29) is 34.5 Å². The van der Waals surface area contributed by atoms with Crippen molar-refractivity contribution in [1.82, 2.24) is 0 Å². The molecule has 0 atom stereocenters. The van der Waals surface area contributed by atoms with Crippen molar-refractivity contribution in [3.8, 4) is 0 Å². The van der Waals surface area contributed by atoms with Crippen LogP contribution in [0.5, 0.6) is 0 Å². The maximum Gasteiger partial charge on any atom is 1.00 e. The molecule has 0 saturated carbocycles. The first-order valence-corrected chi connectivity index (χ1v) is 4.85. The minimum atomic E-state index is -4.30. The summed E-state index contributed by atoms with van der Waals surface area (Å²) in [6.45, 7) is 3.45. The molecule has 5 heteroatoms. The van der Waals surface area contributed by atoms with Gasteiger partial charge in [-0.1, -0.05) is 17.7 Å². The van der Waals surface area contributed by atoms with Crippen molar-refractivity contribution in [3.63, 3.8) is 0 Å². The van der Waals surface area contributed by atoms with E-state index in [4.69, 9.17) is 0 Å². The predicted octanol–water partition coefficient (Wildman–Crippen LogP) is -1.79. The van der Waals surface area contributed by atoms with Crippen LogP contribution in [-0.2, 0) is 10.1 Å². The van der Waals surface area contributed by atoms with E-state index < -0.39 is 10.1 Å². The number of benzene rings is 1. The van der Waals surface area contributed by atoms with Crippen molar-refractivity contribution in [3.05, 3.63) is 29.3 Å². The van der Waals surface area contributed by atoms with Crippen LogP contribution >= 0.6 is 0 Å². The minimum absolute atomic E-state index is 0. The van der Waals surface area contributed by atoms with Gasteiger partial charge in [-0.25, -0.2) is 8.42 Å². The molecule has 3 nitrogen and oxygen atoms in total. The van der Waals surface area contributed by atoms with Gasteiger partial charge in [0.2, 0.25) is 0 Å². The second-order valence-corrected chi connectivity index (χ2v) is 4.07. The molecule has 0 aliphatic carbocycles. The molecule has 66 valence electrons. The van der Waals surface area contributed by atoms with Crippen LogP contribution in [0, 0.1) is 13.8 Å². The Morgan fingerprint density at radius 1 is 1.23 bits per heavy atom. The third-order valence-electron chi connectivity index (χ3n) is 1.60. The van der Waals surface area contributed by atoms with Crippen molar-refractivity contribution >= 4 is 10.1 Å². The van der Waals surface area contributed by atoms with E-state index in [1.54, 1.807) is 19.1 Å². The van der Waals surface area contributed by atoms with Gasteiger partial charge in [-0.3, -0.25) is 0 Å². The zero-order chi connectivity index (χ0) is 9.35. The zero-order valence-electron chi connectivity index (χ0n) is 7.87. The summed E-state index contributed by atoms with van der Waals surface area (Å²) in [5.41, 5.74) is 1.45. The molecular formula is C8H9NaO3S. The molecule has 1 aromatic rings. The van der Waals surface area contributed by atoms with E-state index in [0.29, 0.717) is 5.56 Å². The summed E-state index contributed by atoms with van der Waals surface area (Å²) >= 11 is 0. The molecule has 0 radical (unpaired) electrons. The Morgan fingerprint density at radius 2 is 1.77 bits per heavy atom. The molecule has 1 rings (SSSR count). The van der Waals surface area contributed by atoms with Crippen LogP contribution in [0.4, 0.5) is 0 Å². The van der Waals surface area contributed by atoms with Crippen LogP contribution < -0.4 is 29.6 Å². The van der Waals surface area contributed by atoms with Gasteiger partial charge in [0.15, 0.2) is 0 Å². The average molecular weight is 208 g/mol. The predicted molar refractivity (Wildman–Crippen MR) is 43.9 cm³/mol. The molecule has 0 bridgehead atoms. The second kappa shape index (κ2) is 4.57. The van der Waals surface area contributed by atoms with Crippen LogP contribution in [0.1, 0.15) is 11.1 Å². The van der Waals surface area contributed by atoms with Crippen molar-refractivity contribution in [2.45, 2.75) is 18.7 Å². The SMILES string of the molecule is Cc1ccc(S(=O)(=O)[O-])c(C)c1.[Na+]. The molecule has 1 aromatic carbocycles. The summed E-state index contributed by atoms with van der Waals surface area (Å²) in [7, 11) is -4.30. The number of hydrogen-bond donors (Lipinski definition) is 0. The van der Waals surface area contributed by atoms with E-state index in [9.17, 15) is 13.0 Å². The molecule has 0 saturated heterocycles. The summed E-state index contributed by atoms with van der Waals surface area (Å²) in [6, 6.07) is 4.62. The van der Waals surface area contributed by atoms with E-state index in [1.807, 2.05) is 6.92 Å². The van der Waals surface area contributed by atoms with Crippen molar-refractivity contribution in [2.75, 3.05) is 0 Å². The molecule has 0 N–H and O–H groups in total. The Hall–Kier alpha value is 0.130. The standard InChI is InChI=1S/C8H10O3S.Na/c1-6-3-4-8(7(2)5-6)12(9,10)11;/h3-5H,1-2H3,(H,9,10,11);/q;+1/p-1. The van der Waals surface area contributed by atoms with Gasteiger partial charge in [0.25, 0.3) is 0 Å².